The molecule has 2 nitrogen and oxygen atoms in total. The Labute approximate surface area is 129 Å². The highest BCUT2D eigenvalue weighted by atomic mass is 32.2. The number of nitrogens with zero attached hydrogens (tertiary/aromatic N) is 1. The number of nitrogens with one attached hydrogen (secondary N) is 1. The lowest BCUT2D eigenvalue weighted by atomic mass is 9.85. The molecule has 0 radical (unpaired) electrons. The molecule has 0 aromatic carbocycles. The monoisotopic (exact) mass is 300 g/mol. The van der Waals surface area contributed by atoms with Gasteiger partial charge in [0, 0.05) is 18.6 Å². The van der Waals surface area contributed by atoms with Gasteiger partial charge in [0.1, 0.15) is 0 Å². The van der Waals surface area contributed by atoms with Gasteiger partial charge in [0.25, 0.3) is 0 Å². The molecule has 0 amide bonds. The van der Waals surface area contributed by atoms with E-state index in [0.717, 1.165) is 17.2 Å². The molecule has 1 N–H and O–H groups in total. The molecular formula is C17H36N2S. The Morgan fingerprint density at radius 3 is 2.10 bits per heavy atom. The van der Waals surface area contributed by atoms with E-state index in [-0.39, 0.29) is 0 Å². The van der Waals surface area contributed by atoms with Gasteiger partial charge >= 0.3 is 0 Å². The quantitative estimate of drug-likeness (QED) is 0.758. The maximum atomic E-state index is 3.71. The lowest BCUT2D eigenvalue weighted by molar-refractivity contribution is 0.165. The molecule has 1 aliphatic carbocycles. The highest BCUT2D eigenvalue weighted by Crippen LogP contribution is 2.32. The topological polar surface area (TPSA) is 15.3 Å². The lowest BCUT2D eigenvalue weighted by Crippen LogP contribution is -2.42. The van der Waals surface area contributed by atoms with Gasteiger partial charge in [-0.2, -0.15) is 0 Å². The summed E-state index contributed by atoms with van der Waals surface area (Å²) in [5.41, 5.74) is 0. The summed E-state index contributed by atoms with van der Waals surface area (Å²) in [7, 11) is 0.293. The minimum atomic E-state index is 0.293. The van der Waals surface area contributed by atoms with Crippen LogP contribution in [0.5, 0.6) is 0 Å². The van der Waals surface area contributed by atoms with Crippen LogP contribution >= 0.6 is 10.9 Å². The minimum absolute atomic E-state index is 0.293. The van der Waals surface area contributed by atoms with Crippen molar-refractivity contribution >= 4 is 10.9 Å². The molecule has 20 heavy (non-hydrogen) atoms. The largest absolute Gasteiger partial charge is 0.312 e. The Hall–Kier alpha value is 0.270. The number of hydrogen-bond donors (Lipinski definition) is 2. The first-order chi connectivity index (χ1) is 9.54. The highest BCUT2D eigenvalue weighted by Gasteiger charge is 2.25. The molecule has 2 fully saturated rings. The fraction of sp³-hybridized carbons (Fsp3) is 1.00. The van der Waals surface area contributed by atoms with Crippen LogP contribution in [0.1, 0.15) is 52.4 Å². The van der Waals surface area contributed by atoms with Gasteiger partial charge in [0.2, 0.25) is 0 Å². The van der Waals surface area contributed by atoms with E-state index in [4.69, 9.17) is 0 Å². The van der Waals surface area contributed by atoms with Gasteiger partial charge in [0.15, 0.2) is 0 Å². The summed E-state index contributed by atoms with van der Waals surface area (Å²) in [6.45, 7) is 8.66. The standard InChI is InChI=1S/C17H36N2S/c1-14(2)18-16-7-5-15(6-8-16)13-19-11-9-17(10-12-19)20(3)4/h14-18,20H,5-13H2,1-4H3/t15-,16-. The van der Waals surface area contributed by atoms with Gasteiger partial charge < -0.3 is 10.2 Å². The molecule has 1 saturated heterocycles. The molecule has 2 aliphatic rings. The summed E-state index contributed by atoms with van der Waals surface area (Å²) < 4.78 is 0. The molecule has 1 saturated carbocycles. The molecule has 0 unspecified atom stereocenters. The second-order valence-corrected chi connectivity index (χ2v) is 10.2. The van der Waals surface area contributed by atoms with Gasteiger partial charge in [-0.05, 0) is 75.3 Å². The summed E-state index contributed by atoms with van der Waals surface area (Å²) in [5, 5.41) is 4.76. The minimum Gasteiger partial charge on any atom is -0.312 e. The number of thiol groups is 1. The van der Waals surface area contributed by atoms with Crippen LogP contribution < -0.4 is 5.32 Å². The average molecular weight is 301 g/mol. The van der Waals surface area contributed by atoms with Crippen molar-refractivity contribution in [2.75, 3.05) is 32.1 Å². The summed E-state index contributed by atoms with van der Waals surface area (Å²) >= 11 is 0. The maximum Gasteiger partial charge on any atom is 0.00696 e. The Morgan fingerprint density at radius 1 is 1.00 bits per heavy atom. The first-order valence-electron chi connectivity index (χ1n) is 8.69. The first-order valence-corrected chi connectivity index (χ1v) is 11.0. The van der Waals surface area contributed by atoms with Crippen LogP contribution in [-0.2, 0) is 0 Å². The zero-order chi connectivity index (χ0) is 14.5. The van der Waals surface area contributed by atoms with Crippen LogP contribution in [0, 0.1) is 5.92 Å². The van der Waals surface area contributed by atoms with E-state index < -0.39 is 0 Å². The van der Waals surface area contributed by atoms with Crippen molar-refractivity contribution in [1.29, 1.82) is 0 Å². The van der Waals surface area contributed by atoms with E-state index >= 15 is 0 Å². The summed E-state index contributed by atoms with van der Waals surface area (Å²) in [4.78, 5) is 2.76. The van der Waals surface area contributed by atoms with Crippen LogP contribution in [0.4, 0.5) is 0 Å². The third kappa shape index (κ3) is 5.23. The molecule has 120 valence electrons. The fourth-order valence-corrected chi connectivity index (χ4v) is 5.23. The van der Waals surface area contributed by atoms with Crippen molar-refractivity contribution in [3.05, 3.63) is 0 Å². The van der Waals surface area contributed by atoms with Crippen LogP contribution in [-0.4, -0.2) is 54.4 Å². The third-order valence-electron chi connectivity index (χ3n) is 5.22. The lowest BCUT2D eigenvalue weighted by Gasteiger charge is -2.38. The zero-order valence-electron chi connectivity index (χ0n) is 14.1. The first kappa shape index (κ1) is 16.6. The van der Waals surface area contributed by atoms with Crippen LogP contribution in [0.3, 0.4) is 0 Å². The molecule has 3 heteroatoms. The van der Waals surface area contributed by atoms with Gasteiger partial charge in [-0.25, -0.2) is 0 Å². The molecule has 0 bridgehead atoms. The van der Waals surface area contributed by atoms with E-state index in [1.165, 1.54) is 58.2 Å². The Kier molecular flexibility index (Phi) is 6.70. The van der Waals surface area contributed by atoms with E-state index in [9.17, 15) is 0 Å². The van der Waals surface area contributed by atoms with Crippen LogP contribution in [0.25, 0.3) is 0 Å². The molecule has 1 heterocycles. The zero-order valence-corrected chi connectivity index (χ0v) is 15.0. The number of hydrogen-bond acceptors (Lipinski definition) is 2. The Balaban J connectivity index is 1.64. The van der Waals surface area contributed by atoms with Gasteiger partial charge in [-0.3, -0.25) is 10.9 Å². The van der Waals surface area contributed by atoms with Gasteiger partial charge in [0.05, 0.1) is 0 Å². The van der Waals surface area contributed by atoms with E-state index in [1.807, 2.05) is 0 Å². The van der Waals surface area contributed by atoms with E-state index in [1.54, 1.807) is 0 Å². The van der Waals surface area contributed by atoms with Crippen LogP contribution in [0.2, 0.25) is 0 Å². The van der Waals surface area contributed by atoms with Crippen molar-refractivity contribution in [3.63, 3.8) is 0 Å². The van der Waals surface area contributed by atoms with Crippen LogP contribution in [0.15, 0.2) is 0 Å². The summed E-state index contributed by atoms with van der Waals surface area (Å²) in [6.07, 6.45) is 13.5. The van der Waals surface area contributed by atoms with Gasteiger partial charge in [-0.1, -0.05) is 13.8 Å². The Bertz CT molecular complexity index is 264. The van der Waals surface area contributed by atoms with Crippen molar-refractivity contribution in [2.24, 2.45) is 5.92 Å². The third-order valence-corrected chi connectivity index (χ3v) is 7.20. The second kappa shape index (κ2) is 8.05. The van der Waals surface area contributed by atoms with E-state index in [2.05, 4.69) is 36.6 Å². The normalized spacial score (nSPS) is 30.8. The maximum absolute atomic E-state index is 3.71. The molecule has 1 aliphatic heterocycles. The second-order valence-electron chi connectivity index (χ2n) is 7.53. The SMILES string of the molecule is CC(C)N[C@H]1CC[C@H](CN2CCC([SH](C)C)CC2)CC1. The average Bonchev–Trinajstić information content (AvgIpc) is 2.41. The van der Waals surface area contributed by atoms with Crippen molar-refractivity contribution < 1.29 is 0 Å². The predicted octanol–water partition coefficient (Wildman–Crippen LogP) is 3.27. The smallest absolute Gasteiger partial charge is 0.00696 e. The summed E-state index contributed by atoms with van der Waals surface area (Å²) in [5.74, 6) is 0.974. The number of rotatable bonds is 5. The van der Waals surface area contributed by atoms with Gasteiger partial charge in [-0.15, -0.1) is 0 Å². The molecule has 0 aromatic heterocycles. The van der Waals surface area contributed by atoms with Crippen molar-refractivity contribution in [1.82, 2.24) is 10.2 Å². The highest BCUT2D eigenvalue weighted by molar-refractivity contribution is 8.16. The molecule has 2 rings (SSSR count). The fourth-order valence-electron chi connectivity index (χ4n) is 3.97. The number of piperidine rings is 1. The number of likely N-dealkylation sites (tertiary alicyclic amines) is 1. The van der Waals surface area contributed by atoms with Crippen molar-refractivity contribution in [2.45, 2.75) is 69.7 Å². The molecular weight excluding hydrogens is 264 g/mol. The molecule has 0 aromatic rings. The van der Waals surface area contributed by atoms with E-state index in [0.29, 0.717) is 16.9 Å². The summed E-state index contributed by atoms with van der Waals surface area (Å²) in [6, 6.07) is 1.44. The predicted molar refractivity (Wildman–Crippen MR) is 94.3 cm³/mol. The Morgan fingerprint density at radius 2 is 1.60 bits per heavy atom. The van der Waals surface area contributed by atoms with Crippen molar-refractivity contribution in [3.8, 4) is 0 Å². The molecule has 0 spiro atoms. The molecule has 0 atom stereocenters.